The monoisotopic (exact) mass is 573 g/mol. The molecule has 0 aromatic heterocycles. The van der Waals surface area contributed by atoms with Gasteiger partial charge in [-0.3, -0.25) is 14.4 Å². The minimum Gasteiger partial charge on any atom is -0.392 e. The molecule has 0 saturated carbocycles. The summed E-state index contributed by atoms with van der Waals surface area (Å²) in [6.45, 7) is 1.01. The summed E-state index contributed by atoms with van der Waals surface area (Å²) in [6.07, 6.45) is 0.823. The fourth-order valence-corrected chi connectivity index (χ4v) is 3.72. The first kappa shape index (κ1) is 35.0. The Hall–Kier alpha value is -4.00. The average molecular weight is 574 g/mol. The maximum absolute atomic E-state index is 13.4. The van der Waals surface area contributed by atoms with Gasteiger partial charge in [0, 0.05) is 32.2 Å². The van der Waals surface area contributed by atoms with Crippen molar-refractivity contribution in [1.29, 1.82) is 0 Å². The zero-order valence-electron chi connectivity index (χ0n) is 22.7. The quantitative estimate of drug-likeness (QED) is 0.146. The number of nitrogens with one attached hydrogen (secondary N) is 4. The van der Waals surface area contributed by atoms with E-state index in [1.54, 1.807) is 31.4 Å². The predicted octanol–water partition coefficient (Wildman–Crippen LogP) is 1.47. The van der Waals surface area contributed by atoms with Gasteiger partial charge in [-0.15, -0.1) is 0 Å². The van der Waals surface area contributed by atoms with Crippen LogP contribution in [0.2, 0.25) is 0 Å². The van der Waals surface area contributed by atoms with E-state index in [4.69, 9.17) is 15.2 Å². The van der Waals surface area contributed by atoms with Crippen LogP contribution in [0.3, 0.4) is 0 Å². The number of carbonyl (C=O) groups is 4. The van der Waals surface area contributed by atoms with Crippen LogP contribution in [-0.2, 0) is 36.9 Å². The first-order valence-electron chi connectivity index (χ1n) is 13.1. The lowest BCUT2D eigenvalue weighted by Crippen LogP contribution is -2.53. The maximum Gasteiger partial charge on any atom is 0.312 e. The van der Waals surface area contributed by atoms with E-state index in [9.17, 15) is 24.3 Å². The smallest absolute Gasteiger partial charge is 0.312 e. The van der Waals surface area contributed by atoms with Gasteiger partial charge in [0.15, 0.2) is 0 Å². The maximum atomic E-state index is 13.4. The molecule has 2 rings (SSSR count). The number of rotatable bonds is 18. The lowest BCUT2D eigenvalue weighted by molar-refractivity contribution is -0.131. The van der Waals surface area contributed by atoms with Crippen molar-refractivity contribution < 1.29 is 33.8 Å². The van der Waals surface area contributed by atoms with Crippen molar-refractivity contribution in [1.82, 2.24) is 16.0 Å². The molecule has 2 atom stereocenters. The van der Waals surface area contributed by atoms with Gasteiger partial charge in [0.2, 0.25) is 17.7 Å². The molecule has 0 spiro atoms. The number of carbonyl (C=O) groups excluding carboxylic acids is 4. The Labute approximate surface area is 241 Å². The van der Waals surface area contributed by atoms with Crippen molar-refractivity contribution in [2.45, 2.75) is 51.8 Å². The Morgan fingerprint density at radius 3 is 2.22 bits per heavy atom. The molecular weight excluding hydrogens is 530 g/mol. The summed E-state index contributed by atoms with van der Waals surface area (Å²) in [5, 5.41) is 20.0. The van der Waals surface area contributed by atoms with Crippen LogP contribution in [0, 0.1) is 0 Å². The fourth-order valence-electron chi connectivity index (χ4n) is 3.72. The van der Waals surface area contributed by atoms with Crippen molar-refractivity contribution in [2.24, 2.45) is 5.73 Å². The van der Waals surface area contributed by atoms with Crippen molar-refractivity contribution in [3.63, 3.8) is 0 Å². The second-order valence-electron chi connectivity index (χ2n) is 9.00. The minimum absolute atomic E-state index is 0. The molecule has 41 heavy (non-hydrogen) atoms. The van der Waals surface area contributed by atoms with Gasteiger partial charge in [0.25, 0.3) is 0 Å². The summed E-state index contributed by atoms with van der Waals surface area (Å²) in [5.41, 5.74) is 7.12. The van der Waals surface area contributed by atoms with Crippen LogP contribution >= 0.6 is 0 Å². The standard InChI is InChI=1S/C28H39N5O7.CH4/c1-39-16-17-40-15-13-25(35)32-24(18-20-6-3-2-4-7-20)27(37)33-23(8-5-14-30-28(29)38)26(36)31-22-11-9-21(19-34)10-12-22;/h2-4,6-7,9-12,23-24,34H,5,8,13-19H2,1H3,(H,31,36)(H,32,35)(H,33,37)(H3,29,30,38);1H4. The number of hydrogen-bond donors (Lipinski definition) is 6. The number of hydrogen-bond acceptors (Lipinski definition) is 7. The van der Waals surface area contributed by atoms with Crippen LogP contribution in [0.5, 0.6) is 0 Å². The predicted molar refractivity (Wildman–Crippen MR) is 156 cm³/mol. The molecule has 12 heteroatoms. The number of primary amides is 1. The summed E-state index contributed by atoms with van der Waals surface area (Å²) in [7, 11) is 1.55. The zero-order chi connectivity index (χ0) is 29.2. The number of benzene rings is 2. The normalized spacial score (nSPS) is 11.9. The van der Waals surface area contributed by atoms with E-state index in [1.807, 2.05) is 30.3 Å². The lowest BCUT2D eigenvalue weighted by atomic mass is 10.0. The minimum atomic E-state index is -0.966. The number of aliphatic hydroxyl groups is 1. The molecule has 12 nitrogen and oxygen atoms in total. The molecule has 0 radical (unpaired) electrons. The van der Waals surface area contributed by atoms with E-state index in [1.165, 1.54) is 0 Å². The van der Waals surface area contributed by atoms with Crippen LogP contribution in [0.25, 0.3) is 0 Å². The third-order valence-corrected chi connectivity index (χ3v) is 5.85. The van der Waals surface area contributed by atoms with E-state index in [0.29, 0.717) is 30.9 Å². The molecule has 7 N–H and O–H groups in total. The number of nitrogens with two attached hydrogens (primary N) is 1. The third-order valence-electron chi connectivity index (χ3n) is 5.85. The summed E-state index contributed by atoms with van der Waals surface area (Å²) in [4.78, 5) is 50.2. The molecule has 226 valence electrons. The SMILES string of the molecule is C.COCCOCCC(=O)NC(Cc1ccccc1)C(=O)NC(CCCNC(N)=O)C(=O)Nc1ccc(CO)cc1. The Morgan fingerprint density at radius 2 is 1.59 bits per heavy atom. The second kappa shape index (κ2) is 20.0. The molecular formula is C29H43N5O7. The molecule has 2 unspecified atom stereocenters. The molecule has 0 bridgehead atoms. The van der Waals surface area contributed by atoms with Gasteiger partial charge in [-0.1, -0.05) is 49.9 Å². The lowest BCUT2D eigenvalue weighted by Gasteiger charge is -2.23. The van der Waals surface area contributed by atoms with E-state index < -0.39 is 29.9 Å². The summed E-state index contributed by atoms with van der Waals surface area (Å²) < 4.78 is 10.3. The fraction of sp³-hybridized carbons (Fsp3) is 0.448. The second-order valence-corrected chi connectivity index (χ2v) is 9.00. The van der Waals surface area contributed by atoms with Crippen molar-refractivity contribution >= 4 is 29.4 Å². The van der Waals surface area contributed by atoms with Crippen molar-refractivity contribution in [2.75, 3.05) is 38.8 Å². The van der Waals surface area contributed by atoms with Crippen LogP contribution < -0.4 is 27.0 Å². The molecule has 0 heterocycles. The van der Waals surface area contributed by atoms with E-state index >= 15 is 0 Å². The summed E-state index contributed by atoms with van der Waals surface area (Å²) in [5.74, 6) is -1.37. The molecule has 0 fully saturated rings. The number of ether oxygens (including phenoxy) is 2. The van der Waals surface area contributed by atoms with E-state index in [2.05, 4.69) is 21.3 Å². The van der Waals surface area contributed by atoms with Crippen LogP contribution in [0.1, 0.15) is 37.8 Å². The summed E-state index contributed by atoms with van der Waals surface area (Å²) in [6, 6.07) is 13.2. The molecule has 0 aliphatic heterocycles. The first-order valence-corrected chi connectivity index (χ1v) is 13.1. The molecule has 0 saturated heterocycles. The topological polar surface area (TPSA) is 181 Å². The number of anilines is 1. The van der Waals surface area contributed by atoms with E-state index in [0.717, 1.165) is 5.56 Å². The Kier molecular flexibility index (Phi) is 17.1. The summed E-state index contributed by atoms with van der Waals surface area (Å²) >= 11 is 0. The van der Waals surface area contributed by atoms with Gasteiger partial charge < -0.3 is 41.6 Å². The molecule has 2 aromatic carbocycles. The Balaban J connectivity index is 0.00000840. The molecule has 5 amide bonds. The van der Waals surface area contributed by atoms with E-state index in [-0.39, 0.29) is 52.4 Å². The van der Waals surface area contributed by atoms with Gasteiger partial charge in [-0.2, -0.15) is 0 Å². The zero-order valence-corrected chi connectivity index (χ0v) is 22.7. The number of urea groups is 1. The Bertz CT molecular complexity index is 1070. The van der Waals surface area contributed by atoms with Gasteiger partial charge in [0.1, 0.15) is 12.1 Å². The van der Waals surface area contributed by atoms with Crippen molar-refractivity contribution in [3.8, 4) is 0 Å². The molecule has 2 aromatic rings. The van der Waals surface area contributed by atoms with Crippen LogP contribution in [0.4, 0.5) is 10.5 Å². The average Bonchev–Trinajstić information content (AvgIpc) is 2.95. The largest absolute Gasteiger partial charge is 0.392 e. The van der Waals surface area contributed by atoms with Gasteiger partial charge in [-0.05, 0) is 36.1 Å². The highest BCUT2D eigenvalue weighted by Crippen LogP contribution is 2.12. The molecule has 0 aliphatic rings. The number of amides is 5. The first-order chi connectivity index (χ1) is 19.3. The van der Waals surface area contributed by atoms with Gasteiger partial charge in [0.05, 0.1) is 26.4 Å². The number of aliphatic hydroxyl groups excluding tert-OH is 1. The highest BCUT2D eigenvalue weighted by Gasteiger charge is 2.27. The van der Waals surface area contributed by atoms with Crippen LogP contribution in [0.15, 0.2) is 54.6 Å². The highest BCUT2D eigenvalue weighted by atomic mass is 16.5. The molecule has 0 aliphatic carbocycles. The highest BCUT2D eigenvalue weighted by molar-refractivity contribution is 5.98. The Morgan fingerprint density at radius 1 is 0.878 bits per heavy atom. The van der Waals surface area contributed by atoms with Crippen LogP contribution in [-0.4, -0.2) is 74.4 Å². The van der Waals surface area contributed by atoms with Gasteiger partial charge >= 0.3 is 6.03 Å². The van der Waals surface area contributed by atoms with Gasteiger partial charge in [-0.25, -0.2) is 4.79 Å². The third kappa shape index (κ3) is 14.3. The van der Waals surface area contributed by atoms with Crippen molar-refractivity contribution in [3.05, 3.63) is 65.7 Å². The number of methoxy groups -OCH3 is 1.